The summed E-state index contributed by atoms with van der Waals surface area (Å²) in [6.45, 7) is 4.80. The summed E-state index contributed by atoms with van der Waals surface area (Å²) >= 11 is 0. The molecule has 8 heteroatoms. The average molecular weight is 443 g/mol. The summed E-state index contributed by atoms with van der Waals surface area (Å²) in [5.74, 6) is 1.21. The summed E-state index contributed by atoms with van der Waals surface area (Å²) in [5, 5.41) is 2.78. The van der Waals surface area contributed by atoms with E-state index < -0.39 is 10.0 Å². The van der Waals surface area contributed by atoms with Crippen molar-refractivity contribution in [1.29, 1.82) is 0 Å². The number of amides is 1. The molecule has 0 saturated carbocycles. The summed E-state index contributed by atoms with van der Waals surface area (Å²) < 4.78 is 38.2. The van der Waals surface area contributed by atoms with Crippen molar-refractivity contribution in [1.82, 2.24) is 4.72 Å². The normalized spacial score (nSPS) is 11.5. The minimum atomic E-state index is -3.70. The first-order valence-electron chi connectivity index (χ1n) is 10.0. The molecule has 0 aliphatic carbocycles. The van der Waals surface area contributed by atoms with Crippen LogP contribution < -0.4 is 14.8 Å². The van der Waals surface area contributed by atoms with Gasteiger partial charge < -0.3 is 14.5 Å². The lowest BCUT2D eigenvalue weighted by Gasteiger charge is -2.13. The third-order valence-corrected chi connectivity index (χ3v) is 5.94. The number of hydrogen-bond donors (Lipinski definition) is 2. The molecule has 3 aromatic rings. The molecule has 7 nitrogen and oxygen atoms in total. The molecule has 164 valence electrons. The highest BCUT2D eigenvalue weighted by atomic mass is 32.2. The third kappa shape index (κ3) is 6.44. The van der Waals surface area contributed by atoms with Crippen LogP contribution in [0.1, 0.15) is 36.4 Å². The third-order valence-electron chi connectivity index (χ3n) is 4.52. The molecule has 0 atom stereocenters. The van der Waals surface area contributed by atoms with Crippen molar-refractivity contribution >= 4 is 21.6 Å². The second-order valence-corrected chi connectivity index (χ2v) is 9.18. The zero-order valence-corrected chi connectivity index (χ0v) is 18.3. The van der Waals surface area contributed by atoms with E-state index in [4.69, 9.17) is 9.15 Å². The van der Waals surface area contributed by atoms with Gasteiger partial charge in [0, 0.05) is 5.69 Å². The molecule has 1 heterocycles. The van der Waals surface area contributed by atoms with Crippen molar-refractivity contribution in [3.8, 4) is 5.75 Å². The van der Waals surface area contributed by atoms with Gasteiger partial charge in [0.15, 0.2) is 0 Å². The van der Waals surface area contributed by atoms with Crippen LogP contribution in [0.4, 0.5) is 5.69 Å². The molecule has 2 aromatic carbocycles. The first kappa shape index (κ1) is 22.6. The maximum Gasteiger partial charge on any atom is 0.259 e. The fourth-order valence-electron chi connectivity index (χ4n) is 2.76. The molecule has 0 bridgehead atoms. The Labute approximate surface area is 182 Å². The van der Waals surface area contributed by atoms with Crippen LogP contribution in [-0.2, 0) is 16.6 Å². The van der Waals surface area contributed by atoms with Crippen LogP contribution in [0.3, 0.4) is 0 Å². The van der Waals surface area contributed by atoms with E-state index in [0.717, 1.165) is 6.42 Å². The van der Waals surface area contributed by atoms with E-state index in [0.29, 0.717) is 35.3 Å². The van der Waals surface area contributed by atoms with E-state index in [9.17, 15) is 13.2 Å². The number of carbonyl (C=O) groups excluding carboxylic acids is 1. The lowest BCUT2D eigenvalue weighted by atomic mass is 10.1. The van der Waals surface area contributed by atoms with Crippen molar-refractivity contribution < 1.29 is 22.4 Å². The smallest absolute Gasteiger partial charge is 0.259 e. The lowest BCUT2D eigenvalue weighted by molar-refractivity contribution is 0.102. The van der Waals surface area contributed by atoms with Gasteiger partial charge in [0.05, 0.1) is 29.9 Å². The summed E-state index contributed by atoms with van der Waals surface area (Å²) in [6, 6.07) is 16.4. The number of rotatable bonds is 10. The number of ether oxygens (including phenoxy) is 1. The van der Waals surface area contributed by atoms with Crippen molar-refractivity contribution in [3.05, 3.63) is 78.3 Å². The number of para-hydroxylation sites is 1. The standard InChI is InChI=1S/C23H26N2O5S/c1-17(2)13-15-30-22-8-4-3-7-21(22)23(26)25-18-9-11-20(12-10-18)31(27,28)24-16-19-6-5-14-29-19/h3-12,14,17,24H,13,15-16H2,1-2H3,(H,25,26). The molecule has 2 N–H and O–H groups in total. The van der Waals surface area contributed by atoms with Gasteiger partial charge in [-0.15, -0.1) is 0 Å². The van der Waals surface area contributed by atoms with E-state index in [1.54, 1.807) is 42.5 Å². The minimum absolute atomic E-state index is 0.0570. The minimum Gasteiger partial charge on any atom is -0.493 e. The van der Waals surface area contributed by atoms with Crippen LogP contribution in [-0.4, -0.2) is 20.9 Å². The highest BCUT2D eigenvalue weighted by Crippen LogP contribution is 2.21. The molecule has 0 aliphatic rings. The lowest BCUT2D eigenvalue weighted by Crippen LogP contribution is -2.23. The number of furan rings is 1. The van der Waals surface area contributed by atoms with Crippen molar-refractivity contribution in [3.63, 3.8) is 0 Å². The van der Waals surface area contributed by atoms with Gasteiger partial charge in [-0.2, -0.15) is 0 Å². The quantitative estimate of drug-likeness (QED) is 0.484. The highest BCUT2D eigenvalue weighted by molar-refractivity contribution is 7.89. The number of carbonyl (C=O) groups is 1. The van der Waals surface area contributed by atoms with E-state index in [1.807, 2.05) is 6.07 Å². The maximum atomic E-state index is 12.7. The fraction of sp³-hybridized carbons (Fsp3) is 0.261. The Morgan fingerprint density at radius 3 is 2.45 bits per heavy atom. The Kier molecular flexibility index (Phi) is 7.49. The van der Waals surface area contributed by atoms with Crippen LogP contribution >= 0.6 is 0 Å². The summed E-state index contributed by atoms with van der Waals surface area (Å²) in [7, 11) is -3.70. The first-order chi connectivity index (χ1) is 14.8. The number of anilines is 1. The molecular formula is C23H26N2O5S. The van der Waals surface area contributed by atoms with Crippen molar-refractivity contribution in [2.75, 3.05) is 11.9 Å². The van der Waals surface area contributed by atoms with Gasteiger partial charge in [-0.3, -0.25) is 4.79 Å². The average Bonchev–Trinajstić information content (AvgIpc) is 3.27. The van der Waals surface area contributed by atoms with Gasteiger partial charge in [-0.1, -0.05) is 26.0 Å². The van der Waals surface area contributed by atoms with Crippen molar-refractivity contribution in [2.45, 2.75) is 31.7 Å². The molecule has 31 heavy (non-hydrogen) atoms. The molecular weight excluding hydrogens is 416 g/mol. The molecule has 0 radical (unpaired) electrons. The van der Waals surface area contributed by atoms with Crippen LogP contribution in [0, 0.1) is 5.92 Å². The fourth-order valence-corrected chi connectivity index (χ4v) is 3.76. The van der Waals surface area contributed by atoms with E-state index in [1.165, 1.54) is 18.4 Å². The van der Waals surface area contributed by atoms with Crippen LogP contribution in [0.2, 0.25) is 0 Å². The SMILES string of the molecule is CC(C)CCOc1ccccc1C(=O)Nc1ccc(S(=O)(=O)NCc2ccco2)cc1. The zero-order chi connectivity index (χ0) is 22.3. The molecule has 0 fully saturated rings. The molecule has 1 amide bonds. The Morgan fingerprint density at radius 2 is 1.77 bits per heavy atom. The molecule has 1 aromatic heterocycles. The highest BCUT2D eigenvalue weighted by Gasteiger charge is 2.16. The van der Waals surface area contributed by atoms with Crippen molar-refractivity contribution in [2.24, 2.45) is 5.92 Å². The van der Waals surface area contributed by atoms with Gasteiger partial charge in [-0.05, 0) is 60.9 Å². The van der Waals surface area contributed by atoms with Gasteiger partial charge in [0.1, 0.15) is 11.5 Å². The van der Waals surface area contributed by atoms with E-state index in [2.05, 4.69) is 23.9 Å². The van der Waals surface area contributed by atoms with Gasteiger partial charge in [0.25, 0.3) is 5.91 Å². The zero-order valence-electron chi connectivity index (χ0n) is 17.5. The maximum absolute atomic E-state index is 12.7. The first-order valence-corrected chi connectivity index (χ1v) is 11.5. The number of nitrogens with one attached hydrogen (secondary N) is 2. The number of sulfonamides is 1. The summed E-state index contributed by atoms with van der Waals surface area (Å²) in [5.41, 5.74) is 0.898. The van der Waals surface area contributed by atoms with Gasteiger partial charge in [-0.25, -0.2) is 13.1 Å². The topological polar surface area (TPSA) is 97.6 Å². The Morgan fingerprint density at radius 1 is 1.03 bits per heavy atom. The Hall–Kier alpha value is -3.10. The summed E-state index contributed by atoms with van der Waals surface area (Å²) in [4.78, 5) is 12.8. The summed E-state index contributed by atoms with van der Waals surface area (Å²) in [6.07, 6.45) is 2.37. The predicted molar refractivity (Wildman–Crippen MR) is 119 cm³/mol. The van der Waals surface area contributed by atoms with E-state index in [-0.39, 0.29) is 17.3 Å². The van der Waals surface area contributed by atoms with E-state index >= 15 is 0 Å². The molecule has 0 saturated heterocycles. The predicted octanol–water partition coefficient (Wildman–Crippen LogP) is 4.44. The molecule has 0 aliphatic heterocycles. The monoisotopic (exact) mass is 442 g/mol. The second kappa shape index (κ2) is 10.3. The van der Waals surface area contributed by atoms with Crippen LogP contribution in [0.5, 0.6) is 5.75 Å². The molecule has 3 rings (SSSR count). The largest absolute Gasteiger partial charge is 0.493 e. The Bertz CT molecular complexity index is 1090. The molecule has 0 spiro atoms. The van der Waals surface area contributed by atoms with Crippen LogP contribution in [0.25, 0.3) is 0 Å². The van der Waals surface area contributed by atoms with Gasteiger partial charge >= 0.3 is 0 Å². The van der Waals surface area contributed by atoms with Gasteiger partial charge in [0.2, 0.25) is 10.0 Å². The number of benzene rings is 2. The molecule has 0 unspecified atom stereocenters. The Balaban J connectivity index is 1.64. The van der Waals surface area contributed by atoms with Crippen LogP contribution in [0.15, 0.2) is 76.2 Å². The second-order valence-electron chi connectivity index (χ2n) is 7.41. The number of hydrogen-bond acceptors (Lipinski definition) is 5.